The molecule has 1 aliphatic rings. The molecule has 1 saturated heterocycles. The highest BCUT2D eigenvalue weighted by Crippen LogP contribution is 2.27. The summed E-state index contributed by atoms with van der Waals surface area (Å²) in [6.45, 7) is 4.46. The van der Waals surface area contributed by atoms with Gasteiger partial charge in [0.2, 0.25) is 17.7 Å². The Morgan fingerprint density at radius 1 is 0.950 bits per heavy atom. The van der Waals surface area contributed by atoms with Gasteiger partial charge in [-0.1, -0.05) is 35.5 Å². The van der Waals surface area contributed by atoms with Crippen LogP contribution in [-0.4, -0.2) is 50.4 Å². The molecule has 3 aromatic heterocycles. The topological polar surface area (TPSA) is 119 Å². The molecule has 1 fully saturated rings. The van der Waals surface area contributed by atoms with Crippen molar-refractivity contribution in [1.82, 2.24) is 24.7 Å². The zero-order valence-electron chi connectivity index (χ0n) is 22.4. The normalized spacial score (nSPS) is 16.2. The number of anilines is 2. The van der Waals surface area contributed by atoms with E-state index >= 15 is 0 Å². The van der Waals surface area contributed by atoms with E-state index in [-0.39, 0.29) is 11.6 Å². The SMILES string of the molecule is C[C@@H]1CN(c2ccc(-c3noc([C@@H](N)c4ccccc4)n3)cc2)CCN1c1nc(-c2ccncc2)cc(=O)n1C. The molecule has 0 bridgehead atoms. The van der Waals surface area contributed by atoms with Crippen LogP contribution in [0.15, 0.2) is 94.5 Å². The lowest BCUT2D eigenvalue weighted by Crippen LogP contribution is -2.53. The first-order valence-corrected chi connectivity index (χ1v) is 13.2. The fourth-order valence-corrected chi connectivity index (χ4v) is 5.05. The summed E-state index contributed by atoms with van der Waals surface area (Å²) < 4.78 is 7.09. The first-order valence-electron chi connectivity index (χ1n) is 13.2. The van der Waals surface area contributed by atoms with Gasteiger partial charge in [0.25, 0.3) is 5.56 Å². The Hall–Kier alpha value is -4.83. The van der Waals surface area contributed by atoms with E-state index in [2.05, 4.69) is 44.0 Å². The molecule has 2 N–H and O–H groups in total. The molecule has 1 aliphatic heterocycles. The van der Waals surface area contributed by atoms with Gasteiger partial charge >= 0.3 is 0 Å². The number of aromatic nitrogens is 5. The van der Waals surface area contributed by atoms with Crippen molar-refractivity contribution in [3.63, 3.8) is 0 Å². The molecule has 2 atom stereocenters. The summed E-state index contributed by atoms with van der Waals surface area (Å²) >= 11 is 0. The third-order valence-electron chi connectivity index (χ3n) is 7.33. The van der Waals surface area contributed by atoms with Gasteiger partial charge in [0, 0.05) is 68.0 Å². The van der Waals surface area contributed by atoms with Crippen LogP contribution in [0, 0.1) is 0 Å². The number of hydrogen-bond donors (Lipinski definition) is 1. The van der Waals surface area contributed by atoms with Gasteiger partial charge in [-0.25, -0.2) is 4.98 Å². The molecular weight excluding hydrogens is 504 g/mol. The van der Waals surface area contributed by atoms with Crippen LogP contribution in [-0.2, 0) is 7.05 Å². The number of pyridine rings is 1. The highest BCUT2D eigenvalue weighted by molar-refractivity contribution is 5.62. The molecular formula is C30H30N8O2. The smallest absolute Gasteiger partial charge is 0.255 e. The van der Waals surface area contributed by atoms with E-state index in [1.807, 2.05) is 54.6 Å². The molecule has 10 nitrogen and oxygen atoms in total. The second-order valence-corrected chi connectivity index (χ2v) is 9.95. The van der Waals surface area contributed by atoms with Crippen molar-refractivity contribution < 1.29 is 4.52 Å². The predicted octanol–water partition coefficient (Wildman–Crippen LogP) is 3.66. The fourth-order valence-electron chi connectivity index (χ4n) is 5.05. The number of benzene rings is 2. The lowest BCUT2D eigenvalue weighted by atomic mass is 10.1. The van der Waals surface area contributed by atoms with Crippen LogP contribution in [0.3, 0.4) is 0 Å². The molecule has 0 amide bonds. The molecule has 0 radical (unpaired) electrons. The second kappa shape index (κ2) is 10.7. The van der Waals surface area contributed by atoms with Gasteiger partial charge in [-0.3, -0.25) is 14.3 Å². The standard InChI is InChI=1S/C30H30N8O2/c1-20-19-37(16-17-38(20)30-33-25(18-26(39)36(30)2)21-12-14-32-15-13-21)24-10-8-23(9-11-24)28-34-29(40-35-28)27(31)22-6-4-3-5-7-22/h3-15,18,20,27H,16-17,19,31H2,1-2H3/t20-,27+/m1/s1. The Bertz CT molecular complexity index is 1650. The van der Waals surface area contributed by atoms with E-state index < -0.39 is 6.04 Å². The van der Waals surface area contributed by atoms with E-state index in [0.29, 0.717) is 23.4 Å². The summed E-state index contributed by atoms with van der Waals surface area (Å²) in [6, 6.07) is 22.8. The molecule has 0 saturated carbocycles. The van der Waals surface area contributed by atoms with Crippen LogP contribution in [0.5, 0.6) is 0 Å². The molecule has 0 aliphatic carbocycles. The average Bonchev–Trinajstić information content (AvgIpc) is 3.50. The first-order chi connectivity index (χ1) is 19.5. The molecule has 0 unspecified atom stereocenters. The van der Waals surface area contributed by atoms with Gasteiger partial charge in [-0.2, -0.15) is 4.98 Å². The summed E-state index contributed by atoms with van der Waals surface area (Å²) in [5, 5.41) is 4.15. The minimum Gasteiger partial charge on any atom is -0.368 e. The van der Waals surface area contributed by atoms with Crippen LogP contribution in [0.2, 0.25) is 0 Å². The van der Waals surface area contributed by atoms with Crippen molar-refractivity contribution in [2.24, 2.45) is 12.8 Å². The van der Waals surface area contributed by atoms with Crippen molar-refractivity contribution in [3.8, 4) is 22.6 Å². The Labute approximate surface area is 231 Å². The third kappa shape index (κ3) is 4.96. The average molecular weight is 535 g/mol. The molecule has 10 heteroatoms. The zero-order chi connectivity index (χ0) is 27.6. The van der Waals surface area contributed by atoms with Crippen LogP contribution >= 0.6 is 0 Å². The maximum Gasteiger partial charge on any atom is 0.255 e. The minimum atomic E-state index is -0.473. The van der Waals surface area contributed by atoms with Gasteiger partial charge in [-0.15, -0.1) is 0 Å². The van der Waals surface area contributed by atoms with Crippen LogP contribution in [0.25, 0.3) is 22.6 Å². The molecule has 6 rings (SSSR count). The molecule has 4 heterocycles. The van der Waals surface area contributed by atoms with Crippen molar-refractivity contribution in [1.29, 1.82) is 0 Å². The second-order valence-electron chi connectivity index (χ2n) is 9.95. The first kappa shape index (κ1) is 25.4. The highest BCUT2D eigenvalue weighted by Gasteiger charge is 2.27. The van der Waals surface area contributed by atoms with Gasteiger partial charge in [0.15, 0.2) is 0 Å². The molecule has 2 aromatic carbocycles. The number of nitrogens with two attached hydrogens (primary N) is 1. The van der Waals surface area contributed by atoms with Gasteiger partial charge < -0.3 is 20.1 Å². The predicted molar refractivity (Wildman–Crippen MR) is 154 cm³/mol. The van der Waals surface area contributed by atoms with Crippen LogP contribution < -0.4 is 21.1 Å². The summed E-state index contributed by atoms with van der Waals surface area (Å²) in [4.78, 5) is 30.8. The summed E-state index contributed by atoms with van der Waals surface area (Å²) in [5.41, 5.74) is 10.6. The zero-order valence-corrected chi connectivity index (χ0v) is 22.4. The van der Waals surface area contributed by atoms with Crippen molar-refractivity contribution in [2.45, 2.75) is 19.0 Å². The Morgan fingerprint density at radius 2 is 1.70 bits per heavy atom. The van der Waals surface area contributed by atoms with Gasteiger partial charge in [0.1, 0.15) is 6.04 Å². The Kier molecular flexibility index (Phi) is 6.83. The van der Waals surface area contributed by atoms with Crippen LogP contribution in [0.1, 0.15) is 24.4 Å². The molecule has 202 valence electrons. The Morgan fingerprint density at radius 3 is 2.42 bits per heavy atom. The summed E-state index contributed by atoms with van der Waals surface area (Å²) in [7, 11) is 1.77. The summed E-state index contributed by atoms with van der Waals surface area (Å²) in [5.74, 6) is 1.56. The molecule has 5 aromatic rings. The number of nitrogens with zero attached hydrogens (tertiary/aromatic N) is 7. The van der Waals surface area contributed by atoms with Crippen molar-refractivity contribution in [2.75, 3.05) is 29.4 Å². The maximum absolute atomic E-state index is 12.8. The third-order valence-corrected chi connectivity index (χ3v) is 7.33. The minimum absolute atomic E-state index is 0.0867. The van der Waals surface area contributed by atoms with E-state index in [9.17, 15) is 4.79 Å². The molecule has 0 spiro atoms. The van der Waals surface area contributed by atoms with E-state index in [4.69, 9.17) is 15.2 Å². The van der Waals surface area contributed by atoms with Crippen molar-refractivity contribution in [3.05, 3.63) is 107 Å². The highest BCUT2D eigenvalue weighted by atomic mass is 16.5. The lowest BCUT2D eigenvalue weighted by Gasteiger charge is -2.42. The monoisotopic (exact) mass is 534 g/mol. The summed E-state index contributed by atoms with van der Waals surface area (Å²) in [6.07, 6.45) is 3.41. The van der Waals surface area contributed by atoms with Crippen LogP contribution in [0.4, 0.5) is 11.6 Å². The number of piperazine rings is 1. The van der Waals surface area contributed by atoms with Gasteiger partial charge in [-0.05, 0) is 48.9 Å². The van der Waals surface area contributed by atoms with E-state index in [1.165, 1.54) is 0 Å². The number of rotatable bonds is 6. The number of hydrogen-bond acceptors (Lipinski definition) is 9. The Balaban J connectivity index is 1.16. The molecule has 40 heavy (non-hydrogen) atoms. The fraction of sp³-hybridized carbons (Fsp3) is 0.233. The van der Waals surface area contributed by atoms with Crippen molar-refractivity contribution >= 4 is 11.6 Å². The van der Waals surface area contributed by atoms with E-state index in [1.54, 1.807) is 30.1 Å². The lowest BCUT2D eigenvalue weighted by molar-refractivity contribution is 0.367. The quantitative estimate of drug-likeness (QED) is 0.348. The van der Waals surface area contributed by atoms with E-state index in [0.717, 1.165) is 42.0 Å². The maximum atomic E-state index is 12.8. The van der Waals surface area contributed by atoms with Gasteiger partial charge in [0.05, 0.1) is 5.69 Å². The largest absolute Gasteiger partial charge is 0.368 e.